The number of halogens is 4. The largest absolute Gasteiger partial charge is 0.330 e. The summed E-state index contributed by atoms with van der Waals surface area (Å²) in [6, 6.07) is 6.42. The molecule has 2 aromatic rings. The average molecular weight is 521 g/mol. The van der Waals surface area contributed by atoms with Gasteiger partial charge < -0.3 is 15.5 Å². The lowest BCUT2D eigenvalue weighted by atomic mass is 9.74. The van der Waals surface area contributed by atoms with Crippen molar-refractivity contribution < 1.29 is 0 Å². The molecule has 0 bridgehead atoms. The molecule has 32 heavy (non-hydrogen) atoms. The van der Waals surface area contributed by atoms with E-state index in [4.69, 9.17) is 22.3 Å². The number of nitrogens with two attached hydrogens (primary N) is 1. The van der Waals surface area contributed by atoms with Crippen molar-refractivity contribution in [1.29, 1.82) is 0 Å². The highest BCUT2D eigenvalue weighted by atomic mass is 35.5. The summed E-state index contributed by atoms with van der Waals surface area (Å²) in [4.78, 5) is 14.4. The van der Waals surface area contributed by atoms with Gasteiger partial charge >= 0.3 is 0 Å². The summed E-state index contributed by atoms with van der Waals surface area (Å²) in [5, 5.41) is 0.830. The third-order valence-electron chi connectivity index (χ3n) is 7.28. The maximum atomic E-state index is 6.47. The zero-order chi connectivity index (χ0) is 20.0. The molecule has 5 nitrogen and oxygen atoms in total. The molecule has 1 unspecified atom stereocenters. The first-order chi connectivity index (χ1) is 14.1. The Kier molecular flexibility index (Phi) is 9.49. The van der Waals surface area contributed by atoms with E-state index in [0.29, 0.717) is 5.92 Å². The van der Waals surface area contributed by atoms with Gasteiger partial charge in [0.05, 0.1) is 0 Å². The second-order valence-electron chi connectivity index (χ2n) is 9.01. The van der Waals surface area contributed by atoms with Crippen LogP contribution in [-0.4, -0.2) is 47.6 Å². The Morgan fingerprint density at radius 2 is 1.91 bits per heavy atom. The average Bonchev–Trinajstić information content (AvgIpc) is 3.26. The Bertz CT molecular complexity index is 917. The van der Waals surface area contributed by atoms with Crippen LogP contribution >= 0.6 is 48.8 Å². The third-order valence-corrected chi connectivity index (χ3v) is 7.52. The third kappa shape index (κ3) is 4.70. The van der Waals surface area contributed by atoms with Crippen molar-refractivity contribution in [3.63, 3.8) is 0 Å². The quantitative estimate of drug-likeness (QED) is 0.594. The zero-order valence-corrected chi connectivity index (χ0v) is 21.6. The molecule has 3 aliphatic rings. The van der Waals surface area contributed by atoms with Gasteiger partial charge in [-0.25, -0.2) is 9.97 Å². The highest BCUT2D eigenvalue weighted by Gasteiger charge is 2.46. The van der Waals surface area contributed by atoms with Crippen LogP contribution in [0.5, 0.6) is 0 Å². The number of rotatable bonds is 4. The van der Waals surface area contributed by atoms with Crippen LogP contribution in [0.2, 0.25) is 5.02 Å². The molecule has 2 N–H and O–H groups in total. The number of aromatic nitrogens is 2. The van der Waals surface area contributed by atoms with Gasteiger partial charge in [0.1, 0.15) is 12.1 Å². The summed E-state index contributed by atoms with van der Waals surface area (Å²) in [5.74, 6) is 1.64. The fraction of sp³-hybridized carbons (Fsp3) is 0.565. The van der Waals surface area contributed by atoms with E-state index < -0.39 is 0 Å². The van der Waals surface area contributed by atoms with Crippen molar-refractivity contribution in [1.82, 2.24) is 14.9 Å². The minimum atomic E-state index is 0. The molecule has 1 fully saturated rings. The standard InChI is InChI=1S/C23H30ClN5.3ClH/c1-16-3-5-19-21(16)22(27-15-26-19)29-14-23(18-13-17(24)4-6-20(18)29)7-11-28(12-8-23)10-2-9-25;;;/h4,6,13,15-16H,2-3,5,7-12,14,25H2,1H3;3*1H. The lowest BCUT2D eigenvalue weighted by Gasteiger charge is -2.40. The van der Waals surface area contributed by atoms with Crippen LogP contribution in [0, 0.1) is 0 Å². The Hall–Kier alpha value is -0.820. The number of likely N-dealkylation sites (tertiary alicyclic amines) is 1. The van der Waals surface area contributed by atoms with Crippen LogP contribution in [0.1, 0.15) is 55.3 Å². The summed E-state index contributed by atoms with van der Waals surface area (Å²) in [6.45, 7) is 7.42. The first kappa shape index (κ1) is 27.4. The van der Waals surface area contributed by atoms with E-state index in [1.54, 1.807) is 6.33 Å². The molecule has 5 rings (SSSR count). The molecule has 3 heterocycles. The molecule has 1 aliphatic carbocycles. The Morgan fingerprint density at radius 1 is 1.16 bits per heavy atom. The second-order valence-corrected chi connectivity index (χ2v) is 9.45. The molecular formula is C23H33Cl4N5. The molecular weight excluding hydrogens is 488 g/mol. The van der Waals surface area contributed by atoms with E-state index >= 15 is 0 Å². The van der Waals surface area contributed by atoms with Crippen LogP contribution in [-0.2, 0) is 11.8 Å². The van der Waals surface area contributed by atoms with Crippen LogP contribution in [0.4, 0.5) is 11.5 Å². The van der Waals surface area contributed by atoms with Crippen LogP contribution in [0.15, 0.2) is 24.5 Å². The summed E-state index contributed by atoms with van der Waals surface area (Å²) in [7, 11) is 0. The SMILES string of the molecule is CC1CCc2ncnc(N3CC4(CCN(CCCN)CC4)c4cc(Cl)ccc43)c21.Cl.Cl.Cl. The molecule has 1 atom stereocenters. The maximum absolute atomic E-state index is 6.47. The van der Waals surface area contributed by atoms with Crippen LogP contribution < -0.4 is 10.6 Å². The molecule has 9 heteroatoms. The molecule has 0 saturated carbocycles. The highest BCUT2D eigenvalue weighted by molar-refractivity contribution is 6.30. The zero-order valence-electron chi connectivity index (χ0n) is 18.4. The Morgan fingerprint density at radius 3 is 2.62 bits per heavy atom. The molecule has 178 valence electrons. The molecule has 1 spiro atoms. The fourth-order valence-electron chi connectivity index (χ4n) is 5.62. The van der Waals surface area contributed by atoms with Gasteiger partial charge in [-0.15, -0.1) is 37.2 Å². The predicted molar refractivity (Wildman–Crippen MR) is 140 cm³/mol. The lowest BCUT2D eigenvalue weighted by molar-refractivity contribution is 0.166. The molecule has 0 radical (unpaired) electrons. The van der Waals surface area contributed by atoms with E-state index in [1.165, 1.54) is 28.9 Å². The van der Waals surface area contributed by atoms with E-state index in [0.717, 1.165) is 69.2 Å². The van der Waals surface area contributed by atoms with Crippen LogP contribution in [0.25, 0.3) is 0 Å². The van der Waals surface area contributed by atoms with Gasteiger partial charge in [0.2, 0.25) is 0 Å². The lowest BCUT2D eigenvalue weighted by Crippen LogP contribution is -2.45. The minimum absolute atomic E-state index is 0. The molecule has 1 saturated heterocycles. The van der Waals surface area contributed by atoms with Crippen molar-refractivity contribution in [3.05, 3.63) is 46.4 Å². The van der Waals surface area contributed by atoms with Gasteiger partial charge in [0.15, 0.2) is 0 Å². The highest BCUT2D eigenvalue weighted by Crippen LogP contribution is 2.51. The molecule has 2 aliphatic heterocycles. The maximum Gasteiger partial charge on any atom is 0.140 e. The van der Waals surface area contributed by atoms with Gasteiger partial charge in [-0.3, -0.25) is 0 Å². The minimum Gasteiger partial charge on any atom is -0.330 e. The van der Waals surface area contributed by atoms with E-state index in [9.17, 15) is 0 Å². The number of nitrogens with zero attached hydrogens (tertiary/aromatic N) is 4. The van der Waals surface area contributed by atoms with Gasteiger partial charge in [-0.1, -0.05) is 18.5 Å². The van der Waals surface area contributed by atoms with E-state index in [2.05, 4.69) is 33.8 Å². The number of hydrogen-bond donors (Lipinski definition) is 1. The first-order valence-electron chi connectivity index (χ1n) is 10.9. The number of aryl methyl sites for hydroxylation is 1. The Labute approximate surface area is 214 Å². The van der Waals surface area contributed by atoms with E-state index in [1.807, 2.05) is 6.07 Å². The number of hydrogen-bond acceptors (Lipinski definition) is 5. The molecule has 0 amide bonds. The van der Waals surface area contributed by atoms with Gasteiger partial charge in [-0.05, 0) is 88.0 Å². The molecule has 1 aromatic heterocycles. The Balaban J connectivity index is 0.00000121. The topological polar surface area (TPSA) is 58.3 Å². The van der Waals surface area contributed by atoms with Crippen molar-refractivity contribution in [3.8, 4) is 0 Å². The van der Waals surface area contributed by atoms with E-state index in [-0.39, 0.29) is 42.6 Å². The second kappa shape index (κ2) is 11.1. The predicted octanol–water partition coefficient (Wildman–Crippen LogP) is 5.28. The van der Waals surface area contributed by atoms with Crippen LogP contribution in [0.3, 0.4) is 0 Å². The first-order valence-corrected chi connectivity index (χ1v) is 11.3. The van der Waals surface area contributed by atoms with Gasteiger partial charge in [-0.2, -0.15) is 0 Å². The van der Waals surface area contributed by atoms with Crippen molar-refractivity contribution in [2.24, 2.45) is 5.73 Å². The summed E-state index contributed by atoms with van der Waals surface area (Å²) in [6.07, 6.45) is 7.38. The monoisotopic (exact) mass is 519 g/mol. The summed E-state index contributed by atoms with van der Waals surface area (Å²) < 4.78 is 0. The number of fused-ring (bicyclic) bond motifs is 3. The number of piperidine rings is 1. The fourth-order valence-corrected chi connectivity index (χ4v) is 5.79. The van der Waals surface area contributed by atoms with Crippen molar-refractivity contribution in [2.75, 3.05) is 37.6 Å². The smallest absolute Gasteiger partial charge is 0.140 e. The normalized spacial score (nSPS) is 20.7. The number of benzene rings is 1. The van der Waals surface area contributed by atoms with Crippen molar-refractivity contribution >= 4 is 60.3 Å². The number of anilines is 2. The van der Waals surface area contributed by atoms with Gasteiger partial charge in [0, 0.05) is 33.9 Å². The molecule has 1 aromatic carbocycles. The van der Waals surface area contributed by atoms with Crippen molar-refractivity contribution in [2.45, 2.75) is 50.4 Å². The summed E-state index contributed by atoms with van der Waals surface area (Å²) >= 11 is 6.47. The van der Waals surface area contributed by atoms with Gasteiger partial charge in [0.25, 0.3) is 0 Å². The summed E-state index contributed by atoms with van der Waals surface area (Å²) in [5.41, 5.74) is 11.1.